The summed E-state index contributed by atoms with van der Waals surface area (Å²) in [6.45, 7) is 1.93. The molecule has 5 heteroatoms. The van der Waals surface area contributed by atoms with Crippen molar-refractivity contribution in [3.63, 3.8) is 0 Å². The van der Waals surface area contributed by atoms with Gasteiger partial charge >= 0.3 is 5.97 Å². The minimum Gasteiger partial charge on any atom is -0.481 e. The summed E-state index contributed by atoms with van der Waals surface area (Å²) in [5.41, 5.74) is 2.78. The largest absolute Gasteiger partial charge is 0.481 e. The van der Waals surface area contributed by atoms with Gasteiger partial charge in [-0.1, -0.05) is 18.2 Å². The molecule has 0 fully saturated rings. The maximum absolute atomic E-state index is 10.5. The first kappa shape index (κ1) is 15.0. The number of aromatic nitrogens is 2. The summed E-state index contributed by atoms with van der Waals surface area (Å²) < 4.78 is 0. The Hall–Kier alpha value is -2.43. The summed E-state index contributed by atoms with van der Waals surface area (Å²) in [6, 6.07) is 11.7. The first-order valence-corrected chi connectivity index (χ1v) is 7.02. The number of hydrogen-bond donors (Lipinski definition) is 2. The van der Waals surface area contributed by atoms with Gasteiger partial charge in [-0.05, 0) is 44.4 Å². The zero-order valence-electron chi connectivity index (χ0n) is 12.0. The number of nitrogens with zero attached hydrogens (tertiary/aromatic N) is 2. The third-order valence-corrected chi connectivity index (χ3v) is 3.01. The van der Waals surface area contributed by atoms with Gasteiger partial charge in [0.1, 0.15) is 0 Å². The van der Waals surface area contributed by atoms with Crippen molar-refractivity contribution in [1.29, 1.82) is 0 Å². The molecule has 0 saturated carbocycles. The summed E-state index contributed by atoms with van der Waals surface area (Å²) in [7, 11) is 0. The van der Waals surface area contributed by atoms with E-state index in [1.807, 2.05) is 43.3 Å². The molecule has 1 heterocycles. The highest BCUT2D eigenvalue weighted by atomic mass is 16.4. The molecule has 0 aliphatic rings. The second-order valence-electron chi connectivity index (χ2n) is 4.92. The highest BCUT2D eigenvalue weighted by Crippen LogP contribution is 2.14. The van der Waals surface area contributed by atoms with Gasteiger partial charge in [-0.2, -0.15) is 0 Å². The van der Waals surface area contributed by atoms with E-state index < -0.39 is 5.97 Å². The van der Waals surface area contributed by atoms with Gasteiger partial charge < -0.3 is 10.4 Å². The number of unbranched alkanes of at least 4 members (excludes halogenated alkanes) is 1. The lowest BCUT2D eigenvalue weighted by Gasteiger charge is -2.08. The van der Waals surface area contributed by atoms with Crippen LogP contribution in [0.2, 0.25) is 0 Å². The predicted molar refractivity (Wildman–Crippen MR) is 81.7 cm³/mol. The first-order chi connectivity index (χ1) is 10.1. The molecule has 0 amide bonds. The van der Waals surface area contributed by atoms with Crippen molar-refractivity contribution >= 4 is 17.6 Å². The molecular formula is C16H19N3O2. The molecule has 0 saturated heterocycles. The van der Waals surface area contributed by atoms with Gasteiger partial charge in [0.05, 0.1) is 0 Å². The monoisotopic (exact) mass is 285 g/mol. The smallest absolute Gasteiger partial charge is 0.303 e. The molecule has 5 nitrogen and oxygen atoms in total. The highest BCUT2D eigenvalue weighted by Gasteiger charge is 2.04. The van der Waals surface area contributed by atoms with Gasteiger partial charge in [0.2, 0.25) is 5.95 Å². The van der Waals surface area contributed by atoms with Crippen molar-refractivity contribution in [2.45, 2.75) is 32.6 Å². The maximum atomic E-state index is 10.5. The summed E-state index contributed by atoms with van der Waals surface area (Å²) in [4.78, 5) is 19.3. The van der Waals surface area contributed by atoms with E-state index in [-0.39, 0.29) is 6.42 Å². The van der Waals surface area contributed by atoms with Crippen LogP contribution in [0.3, 0.4) is 0 Å². The molecule has 0 atom stereocenters. The molecular weight excluding hydrogens is 266 g/mol. The molecule has 0 aliphatic heterocycles. The number of hydrogen-bond acceptors (Lipinski definition) is 4. The molecule has 1 aromatic heterocycles. The topological polar surface area (TPSA) is 75.1 Å². The van der Waals surface area contributed by atoms with E-state index in [0.29, 0.717) is 12.4 Å². The molecule has 0 bridgehead atoms. The highest BCUT2D eigenvalue weighted by molar-refractivity contribution is 5.66. The lowest BCUT2D eigenvalue weighted by Crippen LogP contribution is -2.02. The van der Waals surface area contributed by atoms with Crippen LogP contribution in [0.15, 0.2) is 36.4 Å². The molecule has 1 aromatic carbocycles. The Morgan fingerprint density at radius 1 is 1.19 bits per heavy atom. The number of para-hydroxylation sites is 1. The van der Waals surface area contributed by atoms with Gasteiger partial charge in [0.15, 0.2) is 0 Å². The van der Waals surface area contributed by atoms with Crippen molar-refractivity contribution in [3.05, 3.63) is 47.8 Å². The van der Waals surface area contributed by atoms with Crippen LogP contribution in [-0.2, 0) is 11.2 Å². The minimum absolute atomic E-state index is 0.208. The number of anilines is 2. The van der Waals surface area contributed by atoms with Gasteiger partial charge in [0.25, 0.3) is 0 Å². The van der Waals surface area contributed by atoms with Gasteiger partial charge in [-0.25, -0.2) is 9.97 Å². The summed E-state index contributed by atoms with van der Waals surface area (Å²) in [6.07, 6.45) is 2.45. The Labute approximate surface area is 124 Å². The van der Waals surface area contributed by atoms with Crippen LogP contribution in [0.5, 0.6) is 0 Å². The molecule has 2 aromatic rings. The Morgan fingerprint density at radius 3 is 2.67 bits per heavy atom. The Bertz CT molecular complexity index is 600. The Kier molecular flexibility index (Phi) is 5.26. The lowest BCUT2D eigenvalue weighted by atomic mass is 10.1. The van der Waals surface area contributed by atoms with Crippen LogP contribution in [0.25, 0.3) is 0 Å². The van der Waals surface area contributed by atoms with Crippen LogP contribution in [0.4, 0.5) is 11.6 Å². The number of carboxylic acids is 1. The first-order valence-electron chi connectivity index (χ1n) is 7.02. The van der Waals surface area contributed by atoms with Crippen molar-refractivity contribution in [2.24, 2.45) is 0 Å². The van der Waals surface area contributed by atoms with Crippen LogP contribution in [0, 0.1) is 6.92 Å². The summed E-state index contributed by atoms with van der Waals surface area (Å²) >= 11 is 0. The molecule has 0 unspecified atom stereocenters. The third-order valence-electron chi connectivity index (χ3n) is 3.01. The fraction of sp³-hybridized carbons (Fsp3) is 0.312. The average Bonchev–Trinajstić information content (AvgIpc) is 2.44. The van der Waals surface area contributed by atoms with Crippen molar-refractivity contribution in [1.82, 2.24) is 9.97 Å². The number of benzene rings is 1. The normalized spacial score (nSPS) is 10.3. The number of aliphatic carboxylic acids is 1. The second kappa shape index (κ2) is 7.38. The van der Waals surface area contributed by atoms with E-state index in [9.17, 15) is 4.79 Å². The van der Waals surface area contributed by atoms with E-state index in [4.69, 9.17) is 5.11 Å². The van der Waals surface area contributed by atoms with Crippen molar-refractivity contribution in [3.8, 4) is 0 Å². The number of carboxylic acid groups (broad SMARTS) is 1. The minimum atomic E-state index is -0.750. The second-order valence-corrected chi connectivity index (χ2v) is 4.92. The molecule has 0 radical (unpaired) electrons. The SMILES string of the molecule is Cc1cc(CCCCC(=O)O)nc(Nc2ccccc2)n1. The molecule has 2 N–H and O–H groups in total. The number of carbonyl (C=O) groups is 1. The number of nitrogens with one attached hydrogen (secondary N) is 1. The summed E-state index contributed by atoms with van der Waals surface area (Å²) in [5.74, 6) is -0.172. The van der Waals surface area contributed by atoms with E-state index in [0.717, 1.165) is 29.9 Å². The van der Waals surface area contributed by atoms with Gasteiger partial charge in [-0.3, -0.25) is 4.79 Å². The zero-order chi connectivity index (χ0) is 15.1. The molecule has 110 valence electrons. The fourth-order valence-corrected chi connectivity index (χ4v) is 2.05. The van der Waals surface area contributed by atoms with Crippen molar-refractivity contribution in [2.75, 3.05) is 5.32 Å². The zero-order valence-corrected chi connectivity index (χ0v) is 12.0. The van der Waals surface area contributed by atoms with Crippen LogP contribution >= 0.6 is 0 Å². The fourth-order valence-electron chi connectivity index (χ4n) is 2.05. The van der Waals surface area contributed by atoms with E-state index in [1.54, 1.807) is 0 Å². The van der Waals surface area contributed by atoms with Gasteiger partial charge in [0, 0.05) is 23.5 Å². The number of rotatable bonds is 7. The van der Waals surface area contributed by atoms with E-state index >= 15 is 0 Å². The van der Waals surface area contributed by atoms with E-state index in [2.05, 4.69) is 15.3 Å². The van der Waals surface area contributed by atoms with Crippen LogP contribution < -0.4 is 5.32 Å². The Balaban J connectivity index is 1.98. The Morgan fingerprint density at radius 2 is 1.95 bits per heavy atom. The summed E-state index contributed by atoms with van der Waals surface area (Å²) in [5, 5.41) is 11.8. The maximum Gasteiger partial charge on any atom is 0.303 e. The molecule has 2 rings (SSSR count). The lowest BCUT2D eigenvalue weighted by molar-refractivity contribution is -0.137. The van der Waals surface area contributed by atoms with Gasteiger partial charge in [-0.15, -0.1) is 0 Å². The number of aryl methyl sites for hydroxylation is 2. The molecule has 0 spiro atoms. The van der Waals surface area contributed by atoms with Crippen LogP contribution in [0.1, 0.15) is 30.7 Å². The standard InChI is InChI=1S/C16H19N3O2/c1-12-11-14(9-5-6-10-15(20)21)19-16(17-12)18-13-7-3-2-4-8-13/h2-4,7-8,11H,5-6,9-10H2,1H3,(H,20,21)(H,17,18,19). The molecule has 21 heavy (non-hydrogen) atoms. The quantitative estimate of drug-likeness (QED) is 0.763. The predicted octanol–water partition coefficient (Wildman–Crippen LogP) is 3.33. The molecule has 0 aliphatic carbocycles. The van der Waals surface area contributed by atoms with Crippen LogP contribution in [-0.4, -0.2) is 21.0 Å². The van der Waals surface area contributed by atoms with Crippen molar-refractivity contribution < 1.29 is 9.90 Å². The average molecular weight is 285 g/mol. The van der Waals surface area contributed by atoms with E-state index in [1.165, 1.54) is 0 Å². The third kappa shape index (κ3) is 5.22.